The fourth-order valence-corrected chi connectivity index (χ4v) is 8.32. The molecule has 2 saturated heterocycles. The van der Waals surface area contributed by atoms with Crippen LogP contribution in [0.15, 0.2) is 121 Å². The number of nitrogens with zero attached hydrogens (tertiary/aromatic N) is 2. The Morgan fingerprint density at radius 1 is 0.439 bits per heavy atom. The summed E-state index contributed by atoms with van der Waals surface area (Å²) in [5.74, 6) is 0. The van der Waals surface area contributed by atoms with Gasteiger partial charge in [0.25, 0.3) is 0 Å². The first-order chi connectivity index (χ1) is 28.1. The van der Waals surface area contributed by atoms with E-state index in [1.165, 1.54) is 57.8 Å². The maximum atomic E-state index is 12.9. The summed E-state index contributed by atoms with van der Waals surface area (Å²) < 4.78 is 11.8. The lowest BCUT2D eigenvalue weighted by atomic mass is 9.99. The Labute approximate surface area is 341 Å². The van der Waals surface area contributed by atoms with Crippen LogP contribution in [0, 0.1) is 0 Å². The fraction of sp³-hybridized carbons (Fsp3) is 0.469. The Hall–Kier alpha value is -4.66. The van der Waals surface area contributed by atoms with E-state index in [-0.39, 0.29) is 36.5 Å². The van der Waals surface area contributed by atoms with Crippen LogP contribution in [0.4, 0.5) is 9.59 Å². The van der Waals surface area contributed by atoms with E-state index in [9.17, 15) is 9.59 Å². The van der Waals surface area contributed by atoms with Gasteiger partial charge < -0.3 is 29.9 Å². The molecule has 4 aromatic carbocycles. The van der Waals surface area contributed by atoms with Gasteiger partial charge in [0.1, 0.15) is 12.2 Å². The highest BCUT2D eigenvalue weighted by Gasteiger charge is 2.26. The predicted octanol–water partition coefficient (Wildman–Crippen LogP) is 10.5. The molecule has 0 aromatic heterocycles. The molecule has 2 aliphatic rings. The van der Waals surface area contributed by atoms with E-state index in [0.29, 0.717) is 0 Å². The van der Waals surface area contributed by atoms with Gasteiger partial charge in [-0.3, -0.25) is 0 Å². The van der Waals surface area contributed by atoms with Crippen LogP contribution in [0.3, 0.4) is 0 Å². The van der Waals surface area contributed by atoms with E-state index < -0.39 is 0 Å². The first kappa shape index (κ1) is 42.0. The number of likely N-dealkylation sites (tertiary alicyclic amines) is 2. The molecular weight excluding hydrogens is 709 g/mol. The van der Waals surface area contributed by atoms with Gasteiger partial charge in [-0.05, 0) is 73.9 Å². The van der Waals surface area contributed by atoms with Crippen LogP contribution in [0.1, 0.15) is 118 Å². The molecule has 6 rings (SSSR count). The van der Waals surface area contributed by atoms with Crippen molar-refractivity contribution in [1.29, 1.82) is 0 Å². The van der Waals surface area contributed by atoms with Crippen molar-refractivity contribution in [2.45, 2.75) is 108 Å². The molecule has 8 heteroatoms. The molecule has 2 N–H and O–H groups in total. The average Bonchev–Trinajstić information content (AvgIpc) is 3.26. The number of nitrogens with one attached hydrogen (secondary N) is 2. The highest BCUT2D eigenvalue weighted by molar-refractivity contribution is 5.69. The highest BCUT2D eigenvalue weighted by atomic mass is 16.6. The molecule has 2 amide bonds. The third-order valence-corrected chi connectivity index (χ3v) is 11.6. The minimum Gasteiger partial charge on any atom is -0.446 e. The van der Waals surface area contributed by atoms with Crippen LogP contribution in [-0.2, 0) is 9.47 Å². The Kier molecular flexibility index (Phi) is 17.3. The molecule has 2 aliphatic heterocycles. The molecule has 4 aromatic rings. The van der Waals surface area contributed by atoms with Crippen molar-refractivity contribution >= 4 is 12.2 Å². The number of carbonyl (C=O) groups is 2. The van der Waals surface area contributed by atoms with Crippen molar-refractivity contribution < 1.29 is 19.1 Å². The summed E-state index contributed by atoms with van der Waals surface area (Å²) >= 11 is 0. The van der Waals surface area contributed by atoms with E-state index in [1.54, 1.807) is 0 Å². The number of amides is 2. The Morgan fingerprint density at radius 3 is 0.982 bits per heavy atom. The normalized spacial score (nSPS) is 15.8. The summed E-state index contributed by atoms with van der Waals surface area (Å²) in [6.45, 7) is 6.25. The van der Waals surface area contributed by atoms with Crippen molar-refractivity contribution in [3.05, 3.63) is 144 Å². The number of benzene rings is 4. The molecule has 0 aliphatic carbocycles. The van der Waals surface area contributed by atoms with Gasteiger partial charge in [0, 0.05) is 26.2 Å². The summed E-state index contributed by atoms with van der Waals surface area (Å²) in [6, 6.07) is 39.8. The standard InChI is InChI=1S/C49H64N4O4/c54-48(50-46(40-22-12-8-13-23-40)41-24-14-9-15-25-41)56-44-30-36-52(37-31-44)34-20-6-4-2-1-3-5-7-21-35-53-38-32-45(33-39-53)57-49(55)51-47(42-26-16-10-17-27-42)43-28-18-11-19-29-43/h8-19,22-29,44-47H,1-7,20-21,30-39H2,(H,50,54)(H,51,55). The number of piperidine rings is 2. The molecule has 2 heterocycles. The number of rotatable bonds is 20. The maximum Gasteiger partial charge on any atom is 0.408 e. The average molecular weight is 773 g/mol. The maximum absolute atomic E-state index is 12.9. The number of ether oxygens (including phenoxy) is 2. The molecule has 0 saturated carbocycles. The van der Waals surface area contributed by atoms with Crippen molar-refractivity contribution in [3.8, 4) is 0 Å². The monoisotopic (exact) mass is 772 g/mol. The van der Waals surface area contributed by atoms with E-state index in [0.717, 1.165) is 87.2 Å². The van der Waals surface area contributed by atoms with Gasteiger partial charge in [-0.1, -0.05) is 166 Å². The molecule has 0 radical (unpaired) electrons. The van der Waals surface area contributed by atoms with E-state index >= 15 is 0 Å². The second-order valence-electron chi connectivity index (χ2n) is 15.9. The topological polar surface area (TPSA) is 83.1 Å². The molecule has 0 atom stereocenters. The molecule has 304 valence electrons. The third-order valence-electron chi connectivity index (χ3n) is 11.6. The zero-order valence-electron chi connectivity index (χ0n) is 33.8. The molecular formula is C49H64N4O4. The lowest BCUT2D eigenvalue weighted by Gasteiger charge is -2.32. The molecule has 57 heavy (non-hydrogen) atoms. The van der Waals surface area contributed by atoms with Gasteiger partial charge in [-0.15, -0.1) is 0 Å². The van der Waals surface area contributed by atoms with Gasteiger partial charge in [0.15, 0.2) is 0 Å². The number of hydrogen-bond donors (Lipinski definition) is 2. The minimum absolute atomic E-state index is 0.0280. The lowest BCUT2D eigenvalue weighted by molar-refractivity contribution is 0.0487. The van der Waals surface area contributed by atoms with Crippen molar-refractivity contribution in [2.24, 2.45) is 0 Å². The number of alkyl carbamates (subject to hydrolysis) is 2. The van der Waals surface area contributed by atoms with Crippen LogP contribution in [0.2, 0.25) is 0 Å². The zero-order chi connectivity index (χ0) is 39.3. The number of hydrogen-bond acceptors (Lipinski definition) is 6. The first-order valence-corrected chi connectivity index (χ1v) is 21.7. The van der Waals surface area contributed by atoms with E-state index in [4.69, 9.17) is 9.47 Å². The Morgan fingerprint density at radius 2 is 0.702 bits per heavy atom. The summed E-state index contributed by atoms with van der Waals surface area (Å²) in [5.41, 5.74) is 4.18. The predicted molar refractivity (Wildman–Crippen MR) is 229 cm³/mol. The third kappa shape index (κ3) is 14.3. The molecule has 0 unspecified atom stereocenters. The molecule has 8 nitrogen and oxygen atoms in total. The van der Waals surface area contributed by atoms with Crippen molar-refractivity contribution in [1.82, 2.24) is 20.4 Å². The van der Waals surface area contributed by atoms with Crippen molar-refractivity contribution in [2.75, 3.05) is 39.3 Å². The second-order valence-corrected chi connectivity index (χ2v) is 15.9. The summed E-state index contributed by atoms with van der Waals surface area (Å²) in [6.07, 6.45) is 14.6. The second kappa shape index (κ2) is 23.5. The lowest BCUT2D eigenvalue weighted by Crippen LogP contribution is -2.40. The summed E-state index contributed by atoms with van der Waals surface area (Å²) in [5, 5.41) is 6.24. The van der Waals surface area contributed by atoms with Gasteiger partial charge in [-0.2, -0.15) is 0 Å². The van der Waals surface area contributed by atoms with E-state index in [1.807, 2.05) is 121 Å². The number of carbonyl (C=O) groups excluding carboxylic acids is 2. The fourth-order valence-electron chi connectivity index (χ4n) is 8.32. The van der Waals surface area contributed by atoms with Gasteiger partial charge in [-0.25, -0.2) is 9.59 Å². The smallest absolute Gasteiger partial charge is 0.408 e. The molecule has 2 fully saturated rings. The first-order valence-electron chi connectivity index (χ1n) is 21.7. The van der Waals surface area contributed by atoms with Crippen LogP contribution in [0.5, 0.6) is 0 Å². The summed E-state index contributed by atoms with van der Waals surface area (Å²) in [7, 11) is 0. The van der Waals surface area contributed by atoms with Gasteiger partial charge in [0.2, 0.25) is 0 Å². The van der Waals surface area contributed by atoms with Crippen LogP contribution < -0.4 is 10.6 Å². The van der Waals surface area contributed by atoms with Crippen LogP contribution in [0.25, 0.3) is 0 Å². The van der Waals surface area contributed by atoms with E-state index in [2.05, 4.69) is 20.4 Å². The van der Waals surface area contributed by atoms with Gasteiger partial charge >= 0.3 is 12.2 Å². The molecule has 0 bridgehead atoms. The quantitative estimate of drug-likeness (QED) is 0.0871. The molecule has 0 spiro atoms. The van der Waals surface area contributed by atoms with Crippen LogP contribution >= 0.6 is 0 Å². The highest BCUT2D eigenvalue weighted by Crippen LogP contribution is 2.25. The van der Waals surface area contributed by atoms with Crippen LogP contribution in [-0.4, -0.2) is 73.5 Å². The largest absolute Gasteiger partial charge is 0.446 e. The number of unbranched alkanes of at least 4 members (excludes halogenated alkanes) is 8. The Bertz CT molecular complexity index is 1490. The SMILES string of the molecule is O=C(NC(c1ccccc1)c1ccccc1)OC1CCN(CCCCCCCCCCCN2CCC(OC(=O)NC(c3ccccc3)c3ccccc3)CC2)CC1. The van der Waals surface area contributed by atoms with Gasteiger partial charge in [0.05, 0.1) is 12.1 Å². The Balaban J connectivity index is 0.742. The summed E-state index contributed by atoms with van der Waals surface area (Å²) in [4.78, 5) is 31.0. The van der Waals surface area contributed by atoms with Crippen molar-refractivity contribution in [3.63, 3.8) is 0 Å². The minimum atomic E-state index is -0.339. The zero-order valence-corrected chi connectivity index (χ0v) is 33.8.